The van der Waals surface area contributed by atoms with Crippen LogP contribution in [0.25, 0.3) is 11.2 Å². The second kappa shape index (κ2) is 9.43. The van der Waals surface area contributed by atoms with Crippen molar-refractivity contribution in [2.75, 3.05) is 17.2 Å². The number of nitrogens with one attached hydrogen (secondary N) is 2. The monoisotopic (exact) mass is 494 g/mol. The minimum Gasteiger partial charge on any atom is -0.364 e. The number of imidazole rings is 1. The van der Waals surface area contributed by atoms with Gasteiger partial charge in [0.1, 0.15) is 0 Å². The predicted octanol–water partition coefficient (Wildman–Crippen LogP) is 5.96. The Morgan fingerprint density at radius 3 is 2.20 bits per heavy atom. The molecular weight excluding hydrogens is 474 g/mol. The first-order chi connectivity index (χ1) is 16.5. The van der Waals surface area contributed by atoms with Crippen LogP contribution >= 0.6 is 0 Å². The number of nitrogens with zero attached hydrogens (tertiary/aromatic N) is 4. The molecule has 2 aromatic carbocycles. The summed E-state index contributed by atoms with van der Waals surface area (Å²) in [6.07, 6.45) is -7.38. The van der Waals surface area contributed by atoms with E-state index in [0.29, 0.717) is 34.7 Å². The van der Waals surface area contributed by atoms with Crippen LogP contribution in [0.4, 0.5) is 38.1 Å². The third kappa shape index (κ3) is 5.64. The molecule has 0 saturated heterocycles. The molecule has 0 aliphatic carbocycles. The van der Waals surface area contributed by atoms with Crippen LogP contribution in [0, 0.1) is 0 Å². The van der Waals surface area contributed by atoms with E-state index in [9.17, 15) is 26.3 Å². The molecule has 0 unspecified atom stereocenters. The molecule has 6 nitrogen and oxygen atoms in total. The van der Waals surface area contributed by atoms with Crippen LogP contribution in [0.15, 0.2) is 54.9 Å². The lowest BCUT2D eigenvalue weighted by Crippen LogP contribution is -2.10. The van der Waals surface area contributed by atoms with Gasteiger partial charge in [0.15, 0.2) is 17.0 Å². The van der Waals surface area contributed by atoms with Crippen molar-refractivity contribution in [3.05, 3.63) is 77.1 Å². The van der Waals surface area contributed by atoms with E-state index in [1.165, 1.54) is 24.5 Å². The van der Waals surface area contributed by atoms with Gasteiger partial charge in [0, 0.05) is 13.1 Å². The topological polar surface area (TPSA) is 67.7 Å². The molecule has 4 rings (SSSR count). The summed E-state index contributed by atoms with van der Waals surface area (Å²) in [6.45, 7) is 2.64. The standard InChI is InChI=1S/C23H20F6N6/c1-2-30-21-33-19(31-11-15-4-3-5-17(10-15)23(27,28)29)18-20(34-21)35(13-32-18)12-14-6-8-16(9-7-14)22(24,25)26/h3-10,13H,2,11-12H2,1H3,(H2,30,31,33,34). The Morgan fingerprint density at radius 1 is 0.829 bits per heavy atom. The molecule has 0 radical (unpaired) electrons. The number of fused-ring (bicyclic) bond motifs is 1. The quantitative estimate of drug-likeness (QED) is 0.311. The van der Waals surface area contributed by atoms with Crippen LogP contribution < -0.4 is 10.6 Å². The molecule has 2 heterocycles. The van der Waals surface area contributed by atoms with Gasteiger partial charge in [-0.15, -0.1) is 0 Å². The molecular formula is C23H20F6N6. The highest BCUT2D eigenvalue weighted by atomic mass is 19.4. The molecule has 0 fully saturated rings. The van der Waals surface area contributed by atoms with E-state index in [2.05, 4.69) is 25.6 Å². The van der Waals surface area contributed by atoms with Crippen molar-refractivity contribution in [2.24, 2.45) is 0 Å². The van der Waals surface area contributed by atoms with Crippen molar-refractivity contribution < 1.29 is 26.3 Å². The second-order valence-corrected chi connectivity index (χ2v) is 7.72. The van der Waals surface area contributed by atoms with Crippen molar-refractivity contribution in [3.63, 3.8) is 0 Å². The largest absolute Gasteiger partial charge is 0.416 e. The van der Waals surface area contributed by atoms with Crippen LogP contribution in [-0.2, 0) is 25.4 Å². The van der Waals surface area contributed by atoms with Gasteiger partial charge in [-0.05, 0) is 42.3 Å². The fraction of sp³-hybridized carbons (Fsp3) is 0.261. The van der Waals surface area contributed by atoms with E-state index < -0.39 is 23.5 Å². The number of rotatable bonds is 7. The Labute approximate surface area is 196 Å². The van der Waals surface area contributed by atoms with Gasteiger partial charge >= 0.3 is 12.4 Å². The molecule has 35 heavy (non-hydrogen) atoms. The zero-order valence-corrected chi connectivity index (χ0v) is 18.4. The third-order valence-corrected chi connectivity index (χ3v) is 5.15. The number of benzene rings is 2. The summed E-state index contributed by atoms with van der Waals surface area (Å²) in [4.78, 5) is 13.2. The fourth-order valence-corrected chi connectivity index (χ4v) is 3.46. The molecule has 0 saturated carbocycles. The summed E-state index contributed by atoms with van der Waals surface area (Å²) >= 11 is 0. The zero-order valence-electron chi connectivity index (χ0n) is 18.4. The molecule has 2 N–H and O–H groups in total. The lowest BCUT2D eigenvalue weighted by Gasteiger charge is -2.12. The van der Waals surface area contributed by atoms with E-state index in [1.54, 1.807) is 10.6 Å². The van der Waals surface area contributed by atoms with Crippen molar-refractivity contribution in [1.82, 2.24) is 19.5 Å². The molecule has 184 valence electrons. The van der Waals surface area contributed by atoms with Crippen molar-refractivity contribution in [1.29, 1.82) is 0 Å². The highest BCUT2D eigenvalue weighted by molar-refractivity contribution is 5.84. The van der Waals surface area contributed by atoms with E-state index in [0.717, 1.165) is 24.3 Å². The predicted molar refractivity (Wildman–Crippen MR) is 119 cm³/mol. The van der Waals surface area contributed by atoms with Crippen LogP contribution in [0.2, 0.25) is 0 Å². The minimum absolute atomic E-state index is 0.0629. The maximum atomic E-state index is 13.0. The number of halogens is 6. The highest BCUT2D eigenvalue weighted by Crippen LogP contribution is 2.31. The molecule has 0 atom stereocenters. The molecule has 0 aliphatic heterocycles. The summed E-state index contributed by atoms with van der Waals surface area (Å²) in [5.41, 5.74) is 0.321. The van der Waals surface area contributed by atoms with Gasteiger partial charge in [-0.3, -0.25) is 0 Å². The van der Waals surface area contributed by atoms with E-state index in [1.807, 2.05) is 6.92 Å². The van der Waals surface area contributed by atoms with Crippen molar-refractivity contribution in [3.8, 4) is 0 Å². The van der Waals surface area contributed by atoms with Gasteiger partial charge in [0.25, 0.3) is 0 Å². The van der Waals surface area contributed by atoms with Crippen LogP contribution in [-0.4, -0.2) is 26.1 Å². The molecule has 12 heteroatoms. The van der Waals surface area contributed by atoms with Gasteiger partial charge in [0.05, 0.1) is 24.0 Å². The maximum absolute atomic E-state index is 13.0. The molecule has 0 spiro atoms. The normalized spacial score (nSPS) is 12.2. The van der Waals surface area contributed by atoms with E-state index >= 15 is 0 Å². The number of aromatic nitrogens is 4. The first-order valence-corrected chi connectivity index (χ1v) is 10.6. The minimum atomic E-state index is -4.45. The van der Waals surface area contributed by atoms with Gasteiger partial charge < -0.3 is 15.2 Å². The highest BCUT2D eigenvalue weighted by Gasteiger charge is 2.31. The maximum Gasteiger partial charge on any atom is 0.416 e. The van der Waals surface area contributed by atoms with Gasteiger partial charge in [0.2, 0.25) is 5.95 Å². The SMILES string of the molecule is CCNc1nc(NCc2cccc(C(F)(F)F)c2)c2ncn(Cc3ccc(C(F)(F)F)cc3)c2n1. The Bertz CT molecular complexity index is 1310. The average Bonchev–Trinajstić information content (AvgIpc) is 3.20. The molecule has 0 bridgehead atoms. The lowest BCUT2D eigenvalue weighted by molar-refractivity contribution is -0.138. The number of hydrogen-bond donors (Lipinski definition) is 2. The molecule has 2 aromatic heterocycles. The fourth-order valence-electron chi connectivity index (χ4n) is 3.46. The number of hydrogen-bond acceptors (Lipinski definition) is 5. The van der Waals surface area contributed by atoms with Crippen molar-refractivity contribution in [2.45, 2.75) is 32.4 Å². The summed E-state index contributed by atoms with van der Waals surface area (Å²) < 4.78 is 79.2. The van der Waals surface area contributed by atoms with Crippen LogP contribution in [0.5, 0.6) is 0 Å². The van der Waals surface area contributed by atoms with E-state index in [4.69, 9.17) is 0 Å². The summed E-state index contributed by atoms with van der Waals surface area (Å²) in [7, 11) is 0. The lowest BCUT2D eigenvalue weighted by atomic mass is 10.1. The van der Waals surface area contributed by atoms with Crippen LogP contribution in [0.1, 0.15) is 29.2 Å². The van der Waals surface area contributed by atoms with Gasteiger partial charge in [-0.1, -0.05) is 24.3 Å². The third-order valence-electron chi connectivity index (χ3n) is 5.15. The first kappa shape index (κ1) is 24.3. The van der Waals surface area contributed by atoms with Crippen molar-refractivity contribution >= 4 is 22.9 Å². The number of anilines is 2. The zero-order chi connectivity index (χ0) is 25.2. The smallest absolute Gasteiger partial charge is 0.364 e. The molecule has 4 aromatic rings. The second-order valence-electron chi connectivity index (χ2n) is 7.72. The summed E-state index contributed by atoms with van der Waals surface area (Å²) in [5, 5.41) is 6.02. The Kier molecular flexibility index (Phi) is 6.55. The summed E-state index contributed by atoms with van der Waals surface area (Å²) in [6, 6.07) is 9.73. The van der Waals surface area contributed by atoms with Gasteiger partial charge in [-0.25, -0.2) is 4.98 Å². The molecule has 0 amide bonds. The summed E-state index contributed by atoms with van der Waals surface area (Å²) in [5.74, 6) is 0.593. The van der Waals surface area contributed by atoms with Crippen LogP contribution in [0.3, 0.4) is 0 Å². The Morgan fingerprint density at radius 2 is 1.54 bits per heavy atom. The molecule has 0 aliphatic rings. The average molecular weight is 494 g/mol. The Balaban J connectivity index is 1.61. The number of alkyl halides is 6. The van der Waals surface area contributed by atoms with Gasteiger partial charge in [-0.2, -0.15) is 36.3 Å². The first-order valence-electron chi connectivity index (χ1n) is 10.6. The van der Waals surface area contributed by atoms with E-state index in [-0.39, 0.29) is 19.0 Å². The Hall–Kier alpha value is -3.83.